The molecule has 0 aliphatic carbocycles. The fourth-order valence-corrected chi connectivity index (χ4v) is 3.58. The van der Waals surface area contributed by atoms with Crippen molar-refractivity contribution in [3.05, 3.63) is 30.1 Å². The van der Waals surface area contributed by atoms with E-state index < -0.39 is 0 Å². The predicted molar refractivity (Wildman–Crippen MR) is 73.5 cm³/mol. The van der Waals surface area contributed by atoms with E-state index in [1.807, 2.05) is 12.4 Å². The Hall–Kier alpha value is -0.930. The minimum atomic E-state index is 0.811. The number of likely N-dealkylation sites (N-methyl/N-ethyl adjacent to an activating group) is 1. The van der Waals surface area contributed by atoms with Crippen LogP contribution in [0.4, 0.5) is 0 Å². The van der Waals surface area contributed by atoms with Crippen LogP contribution in [-0.4, -0.2) is 54.1 Å². The van der Waals surface area contributed by atoms with Gasteiger partial charge >= 0.3 is 0 Å². The molecule has 2 aliphatic heterocycles. The van der Waals surface area contributed by atoms with Crippen molar-refractivity contribution in [1.82, 2.24) is 14.8 Å². The van der Waals surface area contributed by atoms with E-state index in [2.05, 4.69) is 34.0 Å². The van der Waals surface area contributed by atoms with Crippen LogP contribution in [0.3, 0.4) is 0 Å². The first kappa shape index (κ1) is 12.1. The van der Waals surface area contributed by atoms with E-state index in [9.17, 15) is 0 Å². The van der Waals surface area contributed by atoms with E-state index >= 15 is 0 Å². The van der Waals surface area contributed by atoms with E-state index in [0.717, 1.165) is 18.4 Å². The third-order valence-electron chi connectivity index (χ3n) is 4.52. The Balaban J connectivity index is 1.59. The highest BCUT2D eigenvalue weighted by molar-refractivity contribution is 5.10. The third-order valence-corrected chi connectivity index (χ3v) is 4.52. The SMILES string of the molecule is CN1CC2CCCN(CCc3ccncc3)C2C1. The summed E-state index contributed by atoms with van der Waals surface area (Å²) in [5, 5.41) is 0. The summed E-state index contributed by atoms with van der Waals surface area (Å²) in [7, 11) is 2.26. The van der Waals surface area contributed by atoms with Gasteiger partial charge in [-0.05, 0) is 56.5 Å². The van der Waals surface area contributed by atoms with Gasteiger partial charge in [0.05, 0.1) is 0 Å². The maximum absolute atomic E-state index is 4.08. The number of aromatic nitrogens is 1. The van der Waals surface area contributed by atoms with Crippen molar-refractivity contribution in [2.24, 2.45) is 5.92 Å². The van der Waals surface area contributed by atoms with E-state index in [-0.39, 0.29) is 0 Å². The molecule has 3 nitrogen and oxygen atoms in total. The lowest BCUT2D eigenvalue weighted by atomic mass is 9.92. The van der Waals surface area contributed by atoms with Gasteiger partial charge in [-0.3, -0.25) is 9.88 Å². The zero-order valence-electron chi connectivity index (χ0n) is 11.3. The van der Waals surface area contributed by atoms with Gasteiger partial charge in [-0.15, -0.1) is 0 Å². The van der Waals surface area contributed by atoms with Crippen LogP contribution < -0.4 is 0 Å². The summed E-state index contributed by atoms with van der Waals surface area (Å²) in [4.78, 5) is 9.30. The molecular weight excluding hydrogens is 222 g/mol. The van der Waals surface area contributed by atoms with Crippen molar-refractivity contribution < 1.29 is 0 Å². The standard InChI is InChI=1S/C15H23N3/c1-17-11-14-3-2-9-18(15(14)12-17)10-6-13-4-7-16-8-5-13/h4-5,7-8,14-15H,2-3,6,9-12H2,1H3. The van der Waals surface area contributed by atoms with Gasteiger partial charge < -0.3 is 4.90 Å². The molecular formula is C15H23N3. The number of likely N-dealkylation sites (tertiary alicyclic amines) is 2. The molecule has 0 spiro atoms. The van der Waals surface area contributed by atoms with Crippen LogP contribution in [0.15, 0.2) is 24.5 Å². The number of hydrogen-bond acceptors (Lipinski definition) is 3. The quantitative estimate of drug-likeness (QED) is 0.807. The number of piperidine rings is 1. The average molecular weight is 245 g/mol. The van der Waals surface area contributed by atoms with Crippen molar-refractivity contribution >= 4 is 0 Å². The first-order valence-electron chi connectivity index (χ1n) is 7.14. The molecule has 2 unspecified atom stereocenters. The lowest BCUT2D eigenvalue weighted by Crippen LogP contribution is -2.45. The highest BCUT2D eigenvalue weighted by atomic mass is 15.3. The topological polar surface area (TPSA) is 19.4 Å². The van der Waals surface area contributed by atoms with Crippen molar-refractivity contribution in [2.75, 3.05) is 33.2 Å². The van der Waals surface area contributed by atoms with Gasteiger partial charge in [-0.25, -0.2) is 0 Å². The monoisotopic (exact) mass is 245 g/mol. The van der Waals surface area contributed by atoms with Gasteiger partial charge in [0.2, 0.25) is 0 Å². The third kappa shape index (κ3) is 2.57. The summed E-state index contributed by atoms with van der Waals surface area (Å²) in [5.74, 6) is 0.918. The number of rotatable bonds is 3. The van der Waals surface area contributed by atoms with Crippen molar-refractivity contribution in [3.63, 3.8) is 0 Å². The molecule has 1 aromatic heterocycles. The van der Waals surface area contributed by atoms with Gasteiger partial charge in [0.15, 0.2) is 0 Å². The molecule has 3 heterocycles. The normalized spacial score (nSPS) is 29.4. The van der Waals surface area contributed by atoms with Gasteiger partial charge in [0.1, 0.15) is 0 Å². The van der Waals surface area contributed by atoms with Crippen LogP contribution >= 0.6 is 0 Å². The van der Waals surface area contributed by atoms with Crippen molar-refractivity contribution in [1.29, 1.82) is 0 Å². The first-order chi connectivity index (χ1) is 8.83. The second-order valence-corrected chi connectivity index (χ2v) is 5.83. The van der Waals surface area contributed by atoms with Crippen LogP contribution in [0.1, 0.15) is 18.4 Å². The lowest BCUT2D eigenvalue weighted by Gasteiger charge is -2.37. The van der Waals surface area contributed by atoms with E-state index in [1.165, 1.54) is 44.6 Å². The molecule has 0 N–H and O–H groups in total. The van der Waals surface area contributed by atoms with Crippen LogP contribution in [0.2, 0.25) is 0 Å². The summed E-state index contributed by atoms with van der Waals surface area (Å²) in [5.41, 5.74) is 1.42. The molecule has 0 aromatic carbocycles. The van der Waals surface area contributed by atoms with Gasteiger partial charge in [0.25, 0.3) is 0 Å². The minimum Gasteiger partial charge on any atom is -0.304 e. The Morgan fingerprint density at radius 3 is 2.94 bits per heavy atom. The molecule has 0 amide bonds. The minimum absolute atomic E-state index is 0.811. The van der Waals surface area contributed by atoms with E-state index in [0.29, 0.717) is 0 Å². The number of hydrogen-bond donors (Lipinski definition) is 0. The number of pyridine rings is 1. The van der Waals surface area contributed by atoms with Crippen molar-refractivity contribution in [3.8, 4) is 0 Å². The first-order valence-corrected chi connectivity index (χ1v) is 7.14. The zero-order chi connectivity index (χ0) is 12.4. The number of fused-ring (bicyclic) bond motifs is 1. The smallest absolute Gasteiger partial charge is 0.0270 e. The molecule has 2 fully saturated rings. The van der Waals surface area contributed by atoms with Crippen molar-refractivity contribution in [2.45, 2.75) is 25.3 Å². The van der Waals surface area contributed by atoms with Crippen LogP contribution in [-0.2, 0) is 6.42 Å². The summed E-state index contributed by atoms with van der Waals surface area (Å²) >= 11 is 0. The maximum atomic E-state index is 4.08. The molecule has 0 radical (unpaired) electrons. The molecule has 2 atom stereocenters. The van der Waals surface area contributed by atoms with Gasteiger partial charge in [-0.1, -0.05) is 0 Å². The average Bonchev–Trinajstić information content (AvgIpc) is 2.78. The lowest BCUT2D eigenvalue weighted by molar-refractivity contribution is 0.125. The summed E-state index contributed by atoms with van der Waals surface area (Å²) in [6.45, 7) is 5.07. The highest BCUT2D eigenvalue weighted by Crippen LogP contribution is 2.29. The van der Waals surface area contributed by atoms with Gasteiger partial charge in [0, 0.05) is 38.1 Å². The van der Waals surface area contributed by atoms with E-state index in [4.69, 9.17) is 0 Å². The second kappa shape index (κ2) is 5.37. The second-order valence-electron chi connectivity index (χ2n) is 5.83. The number of nitrogens with zero attached hydrogens (tertiary/aromatic N) is 3. The fraction of sp³-hybridized carbons (Fsp3) is 0.667. The molecule has 3 heteroatoms. The molecule has 0 saturated carbocycles. The largest absolute Gasteiger partial charge is 0.304 e. The Bertz CT molecular complexity index is 379. The Morgan fingerprint density at radius 2 is 2.11 bits per heavy atom. The summed E-state index contributed by atoms with van der Waals surface area (Å²) in [6.07, 6.45) is 7.77. The van der Waals surface area contributed by atoms with Crippen LogP contribution in [0.5, 0.6) is 0 Å². The maximum Gasteiger partial charge on any atom is 0.0270 e. The predicted octanol–water partition coefficient (Wildman–Crippen LogP) is 1.65. The molecule has 2 aliphatic rings. The highest BCUT2D eigenvalue weighted by Gasteiger charge is 2.37. The van der Waals surface area contributed by atoms with Gasteiger partial charge in [-0.2, -0.15) is 0 Å². The molecule has 18 heavy (non-hydrogen) atoms. The molecule has 2 saturated heterocycles. The fourth-order valence-electron chi connectivity index (χ4n) is 3.58. The molecule has 1 aromatic rings. The van der Waals surface area contributed by atoms with Crippen LogP contribution in [0.25, 0.3) is 0 Å². The Labute approximate surface area is 110 Å². The molecule has 98 valence electrons. The summed E-state index contributed by atoms with van der Waals surface area (Å²) < 4.78 is 0. The molecule has 3 rings (SSSR count). The van der Waals surface area contributed by atoms with E-state index in [1.54, 1.807) is 0 Å². The van der Waals surface area contributed by atoms with Crippen LogP contribution in [0, 0.1) is 5.92 Å². The molecule has 0 bridgehead atoms. The Morgan fingerprint density at radius 1 is 1.28 bits per heavy atom. The zero-order valence-corrected chi connectivity index (χ0v) is 11.3. The summed E-state index contributed by atoms with van der Waals surface area (Å²) in [6, 6.07) is 5.09. The Kier molecular flexibility index (Phi) is 3.62.